The van der Waals surface area contributed by atoms with E-state index in [9.17, 15) is 27.6 Å². The van der Waals surface area contributed by atoms with Crippen molar-refractivity contribution in [3.05, 3.63) is 95.6 Å². The molecule has 0 amide bonds. The molecular formula is C30H24F3N9O9. The topological polar surface area (TPSA) is 230 Å². The summed E-state index contributed by atoms with van der Waals surface area (Å²) in [7, 11) is 4.98. The number of carbonyl (C=O) groups is 3. The lowest BCUT2D eigenvalue weighted by molar-refractivity contribution is 0.0584. The van der Waals surface area contributed by atoms with Crippen LogP contribution in [-0.4, -0.2) is 98.4 Å². The predicted octanol–water partition coefficient (Wildman–Crippen LogP) is 2.98. The maximum Gasteiger partial charge on any atom is 0.376 e. The molecule has 18 nitrogen and oxygen atoms in total. The normalized spacial score (nSPS) is 11.5. The van der Waals surface area contributed by atoms with E-state index in [1.165, 1.54) is 47.0 Å². The predicted molar refractivity (Wildman–Crippen MR) is 163 cm³/mol. The molecule has 5 aromatic heterocycles. The zero-order valence-corrected chi connectivity index (χ0v) is 26.9. The summed E-state index contributed by atoms with van der Waals surface area (Å²) in [5, 5.41) is 7.24. The number of Topliss-reactive ketones (excluding diaryl/α,β-unsaturated/α-hetero) is 2. The third-order valence-corrected chi connectivity index (χ3v) is 6.10. The highest BCUT2D eigenvalue weighted by atomic mass is 19.1. The van der Waals surface area contributed by atoms with Gasteiger partial charge in [0.1, 0.15) is 29.6 Å². The van der Waals surface area contributed by atoms with E-state index in [-0.39, 0.29) is 35.0 Å². The SMILES string of the molecule is COC(=O)c1ncc(F)c(OC)n1.COc1nc(C(=O)CC(=O)c2ccon2)ncc1F.COc1nc(C2=NCC(c3ccon3)=C2)ncc1F. The van der Waals surface area contributed by atoms with Crippen molar-refractivity contribution >= 4 is 28.8 Å². The highest BCUT2D eigenvalue weighted by Crippen LogP contribution is 2.21. The average Bonchev–Trinajstić information content (AvgIpc) is 3.96. The number of esters is 1. The van der Waals surface area contributed by atoms with Gasteiger partial charge in [-0.15, -0.1) is 0 Å². The lowest BCUT2D eigenvalue weighted by atomic mass is 10.1. The van der Waals surface area contributed by atoms with Crippen molar-refractivity contribution < 1.29 is 55.5 Å². The van der Waals surface area contributed by atoms with Crippen LogP contribution in [0.15, 0.2) is 63.4 Å². The summed E-state index contributed by atoms with van der Waals surface area (Å²) in [4.78, 5) is 60.3. The van der Waals surface area contributed by atoms with Crippen LogP contribution in [0, 0.1) is 17.5 Å². The summed E-state index contributed by atoms with van der Waals surface area (Å²) in [5.41, 5.74) is 2.21. The Kier molecular flexibility index (Phi) is 12.6. The van der Waals surface area contributed by atoms with Crippen molar-refractivity contribution in [3.63, 3.8) is 0 Å². The van der Waals surface area contributed by atoms with Crippen molar-refractivity contribution in [1.82, 2.24) is 40.2 Å². The number of carbonyl (C=O) groups excluding carboxylic acids is 3. The van der Waals surface area contributed by atoms with Gasteiger partial charge in [0.25, 0.3) is 17.6 Å². The fourth-order valence-electron chi connectivity index (χ4n) is 3.70. The summed E-state index contributed by atoms with van der Waals surface area (Å²) >= 11 is 0. The quantitative estimate of drug-likeness (QED) is 0.115. The van der Waals surface area contributed by atoms with E-state index in [0.29, 0.717) is 23.8 Å². The minimum atomic E-state index is -0.790. The van der Waals surface area contributed by atoms with E-state index >= 15 is 0 Å². The lowest BCUT2D eigenvalue weighted by Gasteiger charge is -2.02. The molecule has 5 aromatic rings. The maximum absolute atomic E-state index is 13.2. The Morgan fingerprint density at radius 1 is 0.725 bits per heavy atom. The maximum atomic E-state index is 13.2. The fraction of sp³-hybridized carbons (Fsp3) is 0.200. The molecule has 1 aliphatic rings. The second-order valence-corrected chi connectivity index (χ2v) is 9.31. The molecule has 0 saturated heterocycles. The number of methoxy groups -OCH3 is 4. The van der Waals surface area contributed by atoms with E-state index in [1.807, 2.05) is 0 Å². The van der Waals surface area contributed by atoms with Crippen LogP contribution in [0.2, 0.25) is 0 Å². The first-order valence-corrected chi connectivity index (χ1v) is 14.0. The molecule has 0 atom stereocenters. The summed E-state index contributed by atoms with van der Waals surface area (Å²) in [5.74, 6) is -5.01. The molecule has 1 aliphatic heterocycles. The highest BCUT2D eigenvalue weighted by Gasteiger charge is 2.20. The van der Waals surface area contributed by atoms with Gasteiger partial charge in [-0.25, -0.2) is 19.7 Å². The summed E-state index contributed by atoms with van der Waals surface area (Å²) in [6.45, 7) is 0.463. The monoisotopic (exact) mass is 711 g/mol. The van der Waals surface area contributed by atoms with Crippen LogP contribution in [0.4, 0.5) is 13.2 Å². The van der Waals surface area contributed by atoms with Crippen molar-refractivity contribution in [3.8, 4) is 17.6 Å². The molecule has 6 rings (SSSR count). The Morgan fingerprint density at radius 2 is 1.29 bits per heavy atom. The molecular weight excluding hydrogens is 687 g/mol. The second kappa shape index (κ2) is 17.5. The van der Waals surface area contributed by atoms with E-state index in [2.05, 4.69) is 63.9 Å². The first kappa shape index (κ1) is 36.9. The molecule has 0 bridgehead atoms. The van der Waals surface area contributed by atoms with Gasteiger partial charge in [0.2, 0.25) is 29.1 Å². The van der Waals surface area contributed by atoms with E-state index in [1.54, 1.807) is 12.1 Å². The minimum absolute atomic E-state index is 0.0300. The van der Waals surface area contributed by atoms with Crippen LogP contribution < -0.4 is 14.2 Å². The second-order valence-electron chi connectivity index (χ2n) is 9.31. The van der Waals surface area contributed by atoms with Gasteiger partial charge in [0.15, 0.2) is 17.4 Å². The number of hydrogen-bond donors (Lipinski definition) is 0. The lowest BCUT2D eigenvalue weighted by Crippen LogP contribution is -2.13. The van der Waals surface area contributed by atoms with Crippen LogP contribution in [-0.2, 0) is 4.74 Å². The van der Waals surface area contributed by atoms with Gasteiger partial charge in [0.05, 0.1) is 60.0 Å². The van der Waals surface area contributed by atoms with Gasteiger partial charge < -0.3 is 28.0 Å². The number of ether oxygens (including phenoxy) is 4. The highest BCUT2D eigenvalue weighted by molar-refractivity contribution is 6.13. The smallest absolute Gasteiger partial charge is 0.376 e. The Hall–Kier alpha value is -6.93. The summed E-state index contributed by atoms with van der Waals surface area (Å²) < 4.78 is 66.6. The largest absolute Gasteiger partial charge is 0.479 e. The zero-order valence-electron chi connectivity index (χ0n) is 26.9. The third kappa shape index (κ3) is 9.58. The van der Waals surface area contributed by atoms with E-state index < -0.39 is 41.4 Å². The first-order valence-electron chi connectivity index (χ1n) is 14.0. The number of rotatable bonds is 10. The zero-order chi connectivity index (χ0) is 36.9. The van der Waals surface area contributed by atoms with Crippen LogP contribution in [0.3, 0.4) is 0 Å². The van der Waals surface area contributed by atoms with Gasteiger partial charge in [-0.2, -0.15) is 28.1 Å². The number of aromatic nitrogens is 8. The fourth-order valence-corrected chi connectivity index (χ4v) is 3.70. The molecule has 51 heavy (non-hydrogen) atoms. The number of hydrogen-bond acceptors (Lipinski definition) is 18. The molecule has 0 fully saturated rings. The molecule has 0 aliphatic carbocycles. The molecule has 0 aromatic carbocycles. The van der Waals surface area contributed by atoms with E-state index in [4.69, 9.17) is 9.26 Å². The molecule has 0 N–H and O–H groups in total. The molecule has 21 heteroatoms. The third-order valence-electron chi connectivity index (χ3n) is 6.10. The molecule has 264 valence electrons. The van der Waals surface area contributed by atoms with Crippen molar-refractivity contribution in [2.75, 3.05) is 35.0 Å². The van der Waals surface area contributed by atoms with Gasteiger partial charge in [0, 0.05) is 17.7 Å². The Bertz CT molecular complexity index is 2060. The summed E-state index contributed by atoms with van der Waals surface area (Å²) in [6, 6.07) is 3.08. The van der Waals surface area contributed by atoms with Gasteiger partial charge in [-0.1, -0.05) is 10.3 Å². The Morgan fingerprint density at radius 3 is 1.86 bits per heavy atom. The van der Waals surface area contributed by atoms with Crippen LogP contribution in [0.25, 0.3) is 5.57 Å². The molecule has 0 saturated carbocycles. The Balaban J connectivity index is 0.000000175. The van der Waals surface area contributed by atoms with Gasteiger partial charge in [-0.05, 0) is 6.08 Å². The van der Waals surface area contributed by atoms with Gasteiger partial charge in [-0.3, -0.25) is 14.6 Å². The van der Waals surface area contributed by atoms with Crippen LogP contribution in [0.1, 0.15) is 49.7 Å². The number of halogens is 3. The average molecular weight is 712 g/mol. The number of ketones is 2. The first-order chi connectivity index (χ1) is 24.6. The molecule has 0 unspecified atom stereocenters. The van der Waals surface area contributed by atoms with Crippen molar-refractivity contribution in [2.45, 2.75) is 6.42 Å². The molecule has 0 spiro atoms. The standard InChI is InChI=1S/C12H9FN4O2.C11H8FN3O4.C7H7FN2O3/c1-18-12-8(13)6-15-11(16-12)10-4-7(5-14-10)9-2-3-19-17-9;1-18-11-6(12)5-13-10(14-11)9(17)4-8(16)7-2-3-19-15-7;1-12-6-4(8)3-9-5(10-6)7(11)13-2/h2-4,6H,5H2,1H3;2-3,5H,4H2,1H3;3H,1-2H3. The minimum Gasteiger partial charge on any atom is -0.479 e. The van der Waals surface area contributed by atoms with Crippen LogP contribution >= 0.6 is 0 Å². The van der Waals surface area contributed by atoms with E-state index in [0.717, 1.165) is 24.2 Å². The summed E-state index contributed by atoms with van der Waals surface area (Å²) in [6.07, 6.45) is 6.73. The molecule has 6 heterocycles. The van der Waals surface area contributed by atoms with Gasteiger partial charge >= 0.3 is 5.97 Å². The number of allylic oxidation sites excluding steroid dienone is 1. The van der Waals surface area contributed by atoms with Crippen molar-refractivity contribution in [1.29, 1.82) is 0 Å². The number of nitrogens with zero attached hydrogens (tertiary/aromatic N) is 9. The number of aliphatic imine (C=N–C) groups is 1. The van der Waals surface area contributed by atoms with Crippen LogP contribution in [0.5, 0.6) is 17.6 Å². The molecule has 0 radical (unpaired) electrons. The Labute approximate surface area is 284 Å². The van der Waals surface area contributed by atoms with Crippen molar-refractivity contribution in [2.24, 2.45) is 4.99 Å².